The van der Waals surface area contributed by atoms with Crippen LogP contribution in [0.2, 0.25) is 0 Å². The largest absolute Gasteiger partial charge is 0.460 e. The van der Waals surface area contributed by atoms with Gasteiger partial charge in [0.2, 0.25) is 0 Å². The van der Waals surface area contributed by atoms with E-state index in [4.69, 9.17) is 15.2 Å². The maximum absolute atomic E-state index is 13.3. The summed E-state index contributed by atoms with van der Waals surface area (Å²) >= 11 is 0. The van der Waals surface area contributed by atoms with Crippen LogP contribution in [-0.2, 0) is 20.8 Å². The summed E-state index contributed by atoms with van der Waals surface area (Å²) in [6.45, 7) is 5.94. The molecule has 2 aromatic carbocycles. The van der Waals surface area contributed by atoms with Gasteiger partial charge in [-0.1, -0.05) is 30.3 Å². The van der Waals surface area contributed by atoms with Crippen molar-refractivity contribution in [1.82, 2.24) is 24.0 Å². The second-order valence-corrected chi connectivity index (χ2v) is 11.6. The van der Waals surface area contributed by atoms with E-state index in [0.717, 1.165) is 40.8 Å². The van der Waals surface area contributed by atoms with Crippen LogP contribution in [0.25, 0.3) is 22.6 Å². The zero-order valence-corrected chi connectivity index (χ0v) is 27.5. The predicted octanol–water partition coefficient (Wildman–Crippen LogP) is 4.66. The number of aromatic nitrogens is 4. The van der Waals surface area contributed by atoms with Crippen LogP contribution >= 0.6 is 12.4 Å². The number of amides is 2. The number of primary amides is 1. The predicted molar refractivity (Wildman–Crippen MR) is 188 cm³/mol. The number of ether oxygens (including phenoxy) is 2. The molecule has 4 N–H and O–H groups in total. The summed E-state index contributed by atoms with van der Waals surface area (Å²) < 4.78 is 14.1. The average Bonchev–Trinajstić information content (AvgIpc) is 3.75. The molecular weight excluding hydrogens is 648 g/mol. The third-order valence-electron chi connectivity index (χ3n) is 8.52. The summed E-state index contributed by atoms with van der Waals surface area (Å²) in [7, 11) is 0. The van der Waals surface area contributed by atoms with E-state index in [9.17, 15) is 14.4 Å². The number of hydrogen-bond donors (Lipinski definition) is 3. The minimum atomic E-state index is -0.885. The number of carbonyl (C=O) groups excluding carboxylic acids is 3. The summed E-state index contributed by atoms with van der Waals surface area (Å²) in [4.78, 5) is 49.9. The van der Waals surface area contributed by atoms with Crippen molar-refractivity contribution in [1.29, 1.82) is 0 Å². The Morgan fingerprint density at radius 1 is 1.08 bits per heavy atom. The SMILES string of the molecule is Cc1cc(C(=O)OCCN2CCOCC2)n(C(N)=O)c1C=C1C(=O)Nc2ncnc(Nc3ccc4c(ccn4Cc4ccccc4)c3)c21.Cl. The van der Waals surface area contributed by atoms with Gasteiger partial charge in [0.05, 0.1) is 30.0 Å². The number of esters is 1. The van der Waals surface area contributed by atoms with Gasteiger partial charge in [0.1, 0.15) is 30.3 Å². The van der Waals surface area contributed by atoms with Crippen LogP contribution in [-0.4, -0.2) is 81.4 Å². The smallest absolute Gasteiger partial charge is 0.355 e. The van der Waals surface area contributed by atoms with Crippen molar-refractivity contribution < 1.29 is 23.9 Å². The fraction of sp³-hybridized carbons (Fsp3) is 0.229. The molecule has 13 nitrogen and oxygen atoms in total. The van der Waals surface area contributed by atoms with Crippen molar-refractivity contribution in [2.45, 2.75) is 13.5 Å². The first-order chi connectivity index (χ1) is 23.4. The maximum Gasteiger partial charge on any atom is 0.355 e. The monoisotopic (exact) mass is 682 g/mol. The molecule has 1 fully saturated rings. The number of halogens is 1. The Morgan fingerprint density at radius 3 is 2.65 bits per heavy atom. The Hall–Kier alpha value is -5.50. The highest BCUT2D eigenvalue weighted by Crippen LogP contribution is 2.38. The van der Waals surface area contributed by atoms with Gasteiger partial charge in [-0.15, -0.1) is 12.4 Å². The van der Waals surface area contributed by atoms with Crippen LogP contribution in [0.15, 0.2) is 73.2 Å². The summed E-state index contributed by atoms with van der Waals surface area (Å²) in [5, 5.41) is 7.15. The molecule has 0 bridgehead atoms. The minimum Gasteiger partial charge on any atom is -0.460 e. The van der Waals surface area contributed by atoms with Crippen LogP contribution in [0.3, 0.4) is 0 Å². The van der Waals surface area contributed by atoms with E-state index < -0.39 is 17.9 Å². The van der Waals surface area contributed by atoms with E-state index in [2.05, 4.69) is 54.5 Å². The zero-order chi connectivity index (χ0) is 33.2. The van der Waals surface area contributed by atoms with Gasteiger partial charge in [-0.25, -0.2) is 19.6 Å². The van der Waals surface area contributed by atoms with E-state index in [1.165, 1.54) is 24.0 Å². The summed E-state index contributed by atoms with van der Waals surface area (Å²) in [5.74, 6) is -0.417. The number of nitrogens with one attached hydrogen (secondary N) is 2. The number of rotatable bonds is 9. The lowest BCUT2D eigenvalue weighted by Crippen LogP contribution is -2.38. The Bertz CT molecular complexity index is 2070. The standard InChI is InChI=1S/C35H34N8O5.ClH/c1-22-17-29(34(45)48-16-13-41-11-14-47-15-12-41)43(35(36)46)28(22)19-26-30-31(37-21-38-32(30)40-33(26)44)39-25-7-8-27-24(18-25)9-10-42(27)20-23-5-3-2-4-6-23;/h2-10,17-19,21H,11-16,20H2,1H3,(H2,36,46)(H2,37,38,39,40,44);1H. The van der Waals surface area contributed by atoms with Gasteiger partial charge in [0.25, 0.3) is 5.91 Å². The molecule has 2 amide bonds. The van der Waals surface area contributed by atoms with Gasteiger partial charge in [-0.2, -0.15) is 0 Å². The molecular formula is C35H35ClN8O5. The molecule has 0 radical (unpaired) electrons. The molecule has 0 unspecified atom stereocenters. The van der Waals surface area contributed by atoms with Crippen molar-refractivity contribution in [3.05, 3.63) is 101 Å². The molecule has 49 heavy (non-hydrogen) atoms. The molecule has 5 heterocycles. The van der Waals surface area contributed by atoms with Crippen molar-refractivity contribution in [2.75, 3.05) is 50.1 Å². The van der Waals surface area contributed by atoms with Crippen molar-refractivity contribution >= 4 is 70.2 Å². The summed E-state index contributed by atoms with van der Waals surface area (Å²) in [5.41, 5.74) is 10.2. The zero-order valence-electron chi connectivity index (χ0n) is 26.7. The number of carbonyl (C=O) groups is 3. The van der Waals surface area contributed by atoms with E-state index in [-0.39, 0.29) is 36.0 Å². The molecule has 2 aliphatic heterocycles. The normalized spacial score (nSPS) is 15.1. The molecule has 0 atom stereocenters. The lowest BCUT2D eigenvalue weighted by Gasteiger charge is -2.26. The second kappa shape index (κ2) is 14.3. The van der Waals surface area contributed by atoms with Gasteiger partial charge in [0, 0.05) is 49.0 Å². The lowest BCUT2D eigenvalue weighted by molar-refractivity contribution is -0.110. The molecule has 1 saturated heterocycles. The molecule has 2 aliphatic rings. The van der Waals surface area contributed by atoms with Crippen molar-refractivity contribution in [3.63, 3.8) is 0 Å². The van der Waals surface area contributed by atoms with Gasteiger partial charge in [-0.3, -0.25) is 14.3 Å². The molecule has 7 rings (SSSR count). The molecule has 3 aromatic heterocycles. The Balaban J connectivity index is 0.00000417. The first kappa shape index (κ1) is 33.4. The van der Waals surface area contributed by atoms with Gasteiger partial charge < -0.3 is 30.4 Å². The average molecular weight is 683 g/mol. The third kappa shape index (κ3) is 6.90. The number of fused-ring (bicyclic) bond motifs is 2. The lowest BCUT2D eigenvalue weighted by atomic mass is 10.1. The number of nitrogens with zero attached hydrogens (tertiary/aromatic N) is 5. The second-order valence-electron chi connectivity index (χ2n) is 11.6. The van der Waals surface area contributed by atoms with Gasteiger partial charge >= 0.3 is 12.0 Å². The third-order valence-corrected chi connectivity index (χ3v) is 8.52. The van der Waals surface area contributed by atoms with E-state index in [1.54, 1.807) is 6.92 Å². The van der Waals surface area contributed by atoms with Crippen LogP contribution < -0.4 is 16.4 Å². The van der Waals surface area contributed by atoms with Crippen LogP contribution in [0.5, 0.6) is 0 Å². The number of morpholine rings is 1. The van der Waals surface area contributed by atoms with E-state index in [0.29, 0.717) is 42.5 Å². The Kier molecular flexibility index (Phi) is 9.76. The number of nitrogens with two attached hydrogens (primary N) is 1. The fourth-order valence-corrected chi connectivity index (χ4v) is 6.11. The molecule has 0 saturated carbocycles. The summed E-state index contributed by atoms with van der Waals surface area (Å²) in [6, 6.07) is 18.9. The van der Waals surface area contributed by atoms with E-state index >= 15 is 0 Å². The number of anilines is 3. The van der Waals surface area contributed by atoms with Gasteiger partial charge in [0.15, 0.2) is 0 Å². The van der Waals surface area contributed by atoms with Crippen molar-refractivity contribution in [2.24, 2.45) is 5.73 Å². The first-order valence-corrected chi connectivity index (χ1v) is 15.6. The highest BCUT2D eigenvalue weighted by atomic mass is 35.5. The Morgan fingerprint density at radius 2 is 1.88 bits per heavy atom. The molecule has 0 aliphatic carbocycles. The number of aryl methyl sites for hydroxylation is 1. The molecule has 252 valence electrons. The van der Waals surface area contributed by atoms with E-state index in [1.807, 2.05) is 36.4 Å². The van der Waals surface area contributed by atoms with Crippen LogP contribution in [0.4, 0.5) is 22.1 Å². The quantitative estimate of drug-likeness (QED) is 0.148. The highest BCUT2D eigenvalue weighted by molar-refractivity contribution is 6.35. The number of benzene rings is 2. The minimum absolute atomic E-state index is 0. The molecule has 5 aromatic rings. The molecule has 14 heteroatoms. The van der Waals surface area contributed by atoms with Crippen LogP contribution in [0.1, 0.15) is 32.9 Å². The fourth-order valence-electron chi connectivity index (χ4n) is 6.11. The number of hydrogen-bond acceptors (Lipinski definition) is 9. The van der Waals surface area contributed by atoms with Crippen molar-refractivity contribution in [3.8, 4) is 0 Å². The maximum atomic E-state index is 13.3. The Labute approximate surface area is 288 Å². The summed E-state index contributed by atoms with van der Waals surface area (Å²) in [6.07, 6.45) is 4.94. The topological polar surface area (TPSA) is 159 Å². The highest BCUT2D eigenvalue weighted by Gasteiger charge is 2.31. The van der Waals surface area contributed by atoms with Crippen LogP contribution in [0, 0.1) is 6.92 Å². The molecule has 0 spiro atoms. The first-order valence-electron chi connectivity index (χ1n) is 15.6. The van der Waals surface area contributed by atoms with Gasteiger partial charge in [-0.05, 0) is 54.5 Å².